The SMILES string of the molecule is COc1ccc(OC)c(CNS(=O)(=O)c2ccc(F)c(C)c2)c1. The molecule has 124 valence electrons. The van der Waals surface area contributed by atoms with Crippen LogP contribution in [0.25, 0.3) is 0 Å². The van der Waals surface area contributed by atoms with Crippen molar-refractivity contribution in [1.29, 1.82) is 0 Å². The summed E-state index contributed by atoms with van der Waals surface area (Å²) in [5, 5.41) is 0. The average molecular weight is 339 g/mol. The van der Waals surface area contributed by atoms with Crippen LogP contribution in [0, 0.1) is 12.7 Å². The van der Waals surface area contributed by atoms with Crippen molar-refractivity contribution in [3.8, 4) is 11.5 Å². The van der Waals surface area contributed by atoms with E-state index in [1.807, 2.05) is 0 Å². The zero-order valence-corrected chi connectivity index (χ0v) is 13.9. The van der Waals surface area contributed by atoms with Crippen molar-refractivity contribution < 1.29 is 22.3 Å². The molecule has 0 aliphatic heterocycles. The van der Waals surface area contributed by atoms with Crippen LogP contribution in [0.3, 0.4) is 0 Å². The highest BCUT2D eigenvalue weighted by atomic mass is 32.2. The van der Waals surface area contributed by atoms with Gasteiger partial charge in [0.05, 0.1) is 19.1 Å². The average Bonchev–Trinajstić information content (AvgIpc) is 2.55. The number of halogens is 1. The molecule has 5 nitrogen and oxygen atoms in total. The molecule has 7 heteroatoms. The van der Waals surface area contributed by atoms with Crippen molar-refractivity contribution in [2.75, 3.05) is 14.2 Å². The van der Waals surface area contributed by atoms with Crippen molar-refractivity contribution in [2.24, 2.45) is 0 Å². The van der Waals surface area contributed by atoms with Gasteiger partial charge in [0.25, 0.3) is 0 Å². The second kappa shape index (κ2) is 6.97. The first-order chi connectivity index (χ1) is 10.9. The molecule has 23 heavy (non-hydrogen) atoms. The summed E-state index contributed by atoms with van der Waals surface area (Å²) >= 11 is 0. The molecule has 0 radical (unpaired) electrons. The highest BCUT2D eigenvalue weighted by Gasteiger charge is 2.16. The van der Waals surface area contributed by atoms with Crippen molar-refractivity contribution >= 4 is 10.0 Å². The maximum atomic E-state index is 13.3. The molecule has 0 bridgehead atoms. The second-order valence-corrected chi connectivity index (χ2v) is 6.68. The molecule has 0 unspecified atom stereocenters. The Hall–Kier alpha value is -2.12. The molecule has 0 aliphatic rings. The molecule has 0 fully saturated rings. The summed E-state index contributed by atoms with van der Waals surface area (Å²) in [6.45, 7) is 1.54. The van der Waals surface area contributed by atoms with Crippen LogP contribution in [0.5, 0.6) is 11.5 Å². The summed E-state index contributed by atoms with van der Waals surface area (Å²) in [7, 11) is -0.727. The number of rotatable bonds is 6. The Bertz CT molecular complexity index is 806. The van der Waals surface area contributed by atoms with E-state index in [2.05, 4.69) is 4.72 Å². The van der Waals surface area contributed by atoms with Crippen LogP contribution < -0.4 is 14.2 Å². The maximum Gasteiger partial charge on any atom is 0.240 e. The summed E-state index contributed by atoms with van der Waals surface area (Å²) in [4.78, 5) is 0.0123. The predicted molar refractivity (Wildman–Crippen MR) is 84.7 cm³/mol. The normalized spacial score (nSPS) is 11.3. The summed E-state index contributed by atoms with van der Waals surface area (Å²) in [6, 6.07) is 8.77. The van der Waals surface area contributed by atoms with E-state index >= 15 is 0 Å². The summed E-state index contributed by atoms with van der Waals surface area (Å²) in [5.74, 6) is 0.694. The number of hydrogen-bond donors (Lipinski definition) is 1. The zero-order valence-electron chi connectivity index (χ0n) is 13.1. The lowest BCUT2D eigenvalue weighted by Gasteiger charge is -2.12. The Morgan fingerprint density at radius 1 is 1.09 bits per heavy atom. The van der Waals surface area contributed by atoms with Gasteiger partial charge in [-0.1, -0.05) is 0 Å². The van der Waals surface area contributed by atoms with Gasteiger partial charge in [0.1, 0.15) is 17.3 Å². The smallest absolute Gasteiger partial charge is 0.240 e. The van der Waals surface area contributed by atoms with Crippen molar-refractivity contribution in [1.82, 2.24) is 4.72 Å². The topological polar surface area (TPSA) is 64.6 Å². The highest BCUT2D eigenvalue weighted by molar-refractivity contribution is 7.89. The Morgan fingerprint density at radius 2 is 1.83 bits per heavy atom. The van der Waals surface area contributed by atoms with Gasteiger partial charge in [-0.15, -0.1) is 0 Å². The third-order valence-electron chi connectivity index (χ3n) is 3.38. The van der Waals surface area contributed by atoms with Gasteiger partial charge in [-0.05, 0) is 48.9 Å². The summed E-state index contributed by atoms with van der Waals surface area (Å²) in [5.41, 5.74) is 0.904. The van der Waals surface area contributed by atoms with Gasteiger partial charge in [0.2, 0.25) is 10.0 Å². The van der Waals surface area contributed by atoms with Gasteiger partial charge >= 0.3 is 0 Å². The molecule has 0 spiro atoms. The largest absolute Gasteiger partial charge is 0.497 e. The first kappa shape index (κ1) is 17.2. The van der Waals surface area contributed by atoms with Crippen LogP contribution in [0.15, 0.2) is 41.3 Å². The predicted octanol–water partition coefficient (Wildman–Crippen LogP) is 2.63. The minimum Gasteiger partial charge on any atom is -0.497 e. The third kappa shape index (κ3) is 4.00. The van der Waals surface area contributed by atoms with E-state index in [0.717, 1.165) is 6.07 Å². The molecule has 2 aromatic rings. The van der Waals surface area contributed by atoms with E-state index in [-0.39, 0.29) is 17.0 Å². The maximum absolute atomic E-state index is 13.3. The number of ether oxygens (including phenoxy) is 2. The van der Waals surface area contributed by atoms with Crippen molar-refractivity contribution in [2.45, 2.75) is 18.4 Å². The Labute approximate surface area is 135 Å². The molecule has 2 aromatic carbocycles. The van der Waals surface area contributed by atoms with Gasteiger partial charge in [-0.25, -0.2) is 17.5 Å². The van der Waals surface area contributed by atoms with Gasteiger partial charge in [-0.3, -0.25) is 0 Å². The summed E-state index contributed by atoms with van der Waals surface area (Å²) in [6.07, 6.45) is 0. The molecule has 0 heterocycles. The second-order valence-electron chi connectivity index (χ2n) is 4.91. The minimum atomic E-state index is -3.76. The van der Waals surface area contributed by atoms with Crippen LogP contribution in [0.1, 0.15) is 11.1 Å². The Kier molecular flexibility index (Phi) is 5.23. The molecule has 2 rings (SSSR count). The number of nitrogens with one attached hydrogen (secondary N) is 1. The first-order valence-corrected chi connectivity index (χ1v) is 8.32. The molecule has 0 atom stereocenters. The molecule has 1 N–H and O–H groups in total. The minimum absolute atomic E-state index is 0.0123. The Balaban J connectivity index is 2.23. The van der Waals surface area contributed by atoms with E-state index in [9.17, 15) is 12.8 Å². The van der Waals surface area contributed by atoms with Gasteiger partial charge in [0.15, 0.2) is 0 Å². The molecule has 0 amide bonds. The lowest BCUT2D eigenvalue weighted by atomic mass is 10.2. The fraction of sp³-hybridized carbons (Fsp3) is 0.250. The fourth-order valence-electron chi connectivity index (χ4n) is 2.06. The molecule has 0 aliphatic carbocycles. The molecular weight excluding hydrogens is 321 g/mol. The highest BCUT2D eigenvalue weighted by Crippen LogP contribution is 2.24. The van der Waals surface area contributed by atoms with Crippen LogP contribution in [0.2, 0.25) is 0 Å². The first-order valence-electron chi connectivity index (χ1n) is 6.84. The standard InChI is InChI=1S/C16H18FNO4S/c1-11-8-14(5-6-15(11)17)23(19,20)18-10-12-9-13(21-2)4-7-16(12)22-3/h4-9,18H,10H2,1-3H3. The van der Waals surface area contributed by atoms with Gasteiger partial charge in [0, 0.05) is 12.1 Å². The number of benzene rings is 2. The van der Waals surface area contributed by atoms with Crippen molar-refractivity contribution in [3.63, 3.8) is 0 Å². The number of sulfonamides is 1. The lowest BCUT2D eigenvalue weighted by molar-refractivity contribution is 0.398. The number of methoxy groups -OCH3 is 2. The monoisotopic (exact) mass is 339 g/mol. The molecule has 0 saturated carbocycles. The van der Waals surface area contributed by atoms with E-state index in [1.54, 1.807) is 18.2 Å². The van der Waals surface area contributed by atoms with Crippen LogP contribution in [-0.2, 0) is 16.6 Å². The zero-order chi connectivity index (χ0) is 17.0. The van der Waals surface area contributed by atoms with Crippen LogP contribution >= 0.6 is 0 Å². The Morgan fingerprint density at radius 3 is 2.43 bits per heavy atom. The fourth-order valence-corrected chi connectivity index (χ4v) is 3.15. The third-order valence-corrected chi connectivity index (χ3v) is 4.78. The van der Waals surface area contributed by atoms with E-state index < -0.39 is 15.8 Å². The summed E-state index contributed by atoms with van der Waals surface area (Å²) < 4.78 is 50.7. The molecule has 0 aromatic heterocycles. The van der Waals surface area contributed by atoms with Crippen LogP contribution in [-0.4, -0.2) is 22.6 Å². The van der Waals surface area contributed by atoms with E-state index in [0.29, 0.717) is 17.1 Å². The lowest BCUT2D eigenvalue weighted by Crippen LogP contribution is -2.23. The van der Waals surface area contributed by atoms with Gasteiger partial charge in [-0.2, -0.15) is 0 Å². The number of aryl methyl sites for hydroxylation is 1. The molecular formula is C16H18FNO4S. The quantitative estimate of drug-likeness (QED) is 0.879. The number of hydrogen-bond acceptors (Lipinski definition) is 4. The van der Waals surface area contributed by atoms with Crippen molar-refractivity contribution in [3.05, 3.63) is 53.3 Å². The molecule has 0 saturated heterocycles. The van der Waals surface area contributed by atoms with E-state index in [1.165, 1.54) is 33.3 Å². The van der Waals surface area contributed by atoms with Crippen LogP contribution in [0.4, 0.5) is 4.39 Å². The van der Waals surface area contributed by atoms with Gasteiger partial charge < -0.3 is 9.47 Å². The van der Waals surface area contributed by atoms with E-state index in [4.69, 9.17) is 9.47 Å².